The van der Waals surface area contributed by atoms with E-state index in [-0.39, 0.29) is 5.75 Å². The molecule has 3 aromatic heterocycles. The topological polar surface area (TPSA) is 98.0 Å². The van der Waals surface area contributed by atoms with Gasteiger partial charge in [0.15, 0.2) is 17.3 Å². The van der Waals surface area contributed by atoms with Crippen LogP contribution in [0, 0.1) is 6.92 Å². The average Bonchev–Trinajstić information content (AvgIpc) is 3.24. The molecule has 0 atom stereocenters. The van der Waals surface area contributed by atoms with Crippen LogP contribution in [0.4, 0.5) is 11.5 Å². The van der Waals surface area contributed by atoms with Crippen LogP contribution < -0.4 is 10.1 Å². The molecule has 0 aliphatic carbocycles. The number of hydrogen-bond donors (Lipinski definition) is 2. The minimum atomic E-state index is 0.0728. The molecule has 0 fully saturated rings. The third-order valence-electron chi connectivity index (χ3n) is 5.07. The minimum absolute atomic E-state index is 0.0728. The number of para-hydroxylation sites is 1. The van der Waals surface area contributed by atoms with Crippen LogP contribution in [0.2, 0.25) is 0 Å². The van der Waals surface area contributed by atoms with Gasteiger partial charge >= 0.3 is 0 Å². The number of ether oxygens (including phenoxy) is 1. The Morgan fingerprint density at radius 1 is 0.969 bits per heavy atom. The zero-order valence-corrected chi connectivity index (χ0v) is 17.5. The van der Waals surface area contributed by atoms with Crippen LogP contribution >= 0.6 is 0 Å². The van der Waals surface area contributed by atoms with E-state index in [2.05, 4.69) is 20.5 Å². The van der Waals surface area contributed by atoms with E-state index in [0.717, 1.165) is 22.4 Å². The van der Waals surface area contributed by atoms with Gasteiger partial charge < -0.3 is 15.2 Å². The molecule has 0 bridgehead atoms. The normalized spacial score (nSPS) is 10.9. The zero-order valence-electron chi connectivity index (χ0n) is 17.5. The first-order valence-corrected chi connectivity index (χ1v) is 10.0. The van der Waals surface area contributed by atoms with Gasteiger partial charge in [-0.3, -0.25) is 4.57 Å². The van der Waals surface area contributed by atoms with Crippen molar-refractivity contribution in [3.63, 3.8) is 0 Å². The highest BCUT2D eigenvalue weighted by atomic mass is 16.5. The summed E-state index contributed by atoms with van der Waals surface area (Å²) in [6.45, 7) is 1.90. The van der Waals surface area contributed by atoms with Crippen molar-refractivity contribution in [2.24, 2.45) is 0 Å². The number of aromatic hydroxyl groups is 1. The molecule has 2 N–H and O–H groups in total. The highest BCUT2D eigenvalue weighted by molar-refractivity contribution is 5.82. The molecule has 3 heterocycles. The van der Waals surface area contributed by atoms with E-state index in [1.165, 1.54) is 7.11 Å². The number of aryl methyl sites for hydroxylation is 1. The molecule has 0 aliphatic rings. The number of hydrogen-bond acceptors (Lipinski definition) is 7. The maximum Gasteiger partial charge on any atom is 0.169 e. The van der Waals surface area contributed by atoms with Crippen molar-refractivity contribution in [1.29, 1.82) is 0 Å². The molecule has 158 valence electrons. The van der Waals surface area contributed by atoms with Gasteiger partial charge in [-0.05, 0) is 61.5 Å². The number of benzene rings is 2. The van der Waals surface area contributed by atoms with Crippen molar-refractivity contribution < 1.29 is 9.84 Å². The number of aromatic nitrogens is 5. The second-order valence-electron chi connectivity index (χ2n) is 7.24. The van der Waals surface area contributed by atoms with Crippen molar-refractivity contribution in [3.8, 4) is 28.6 Å². The molecule has 2 aromatic carbocycles. The second-order valence-corrected chi connectivity index (χ2v) is 7.24. The number of phenolic OH excluding ortho intramolecular Hbond substituents is 1. The Labute approximate surface area is 184 Å². The molecule has 8 nitrogen and oxygen atoms in total. The first-order chi connectivity index (χ1) is 15.6. The predicted molar refractivity (Wildman–Crippen MR) is 123 cm³/mol. The largest absolute Gasteiger partial charge is 0.504 e. The van der Waals surface area contributed by atoms with E-state index in [0.29, 0.717) is 28.6 Å². The average molecular weight is 424 g/mol. The Bertz CT molecular complexity index is 1410. The lowest BCUT2D eigenvalue weighted by Crippen LogP contribution is -1.98. The molecule has 0 aliphatic heterocycles. The van der Waals surface area contributed by atoms with Gasteiger partial charge in [0.25, 0.3) is 0 Å². The van der Waals surface area contributed by atoms with Crippen LogP contribution in [0.15, 0.2) is 73.1 Å². The van der Waals surface area contributed by atoms with Crippen LogP contribution in [0.1, 0.15) is 5.69 Å². The van der Waals surface area contributed by atoms with E-state index in [1.54, 1.807) is 18.5 Å². The van der Waals surface area contributed by atoms with Gasteiger partial charge in [-0.25, -0.2) is 9.97 Å². The highest BCUT2D eigenvalue weighted by Gasteiger charge is 2.13. The third kappa shape index (κ3) is 3.58. The molecule has 0 amide bonds. The molecule has 0 radical (unpaired) electrons. The molecular formula is C24H20N6O2. The monoisotopic (exact) mass is 424 g/mol. The molecule has 32 heavy (non-hydrogen) atoms. The Morgan fingerprint density at radius 3 is 2.66 bits per heavy atom. The molecule has 0 unspecified atom stereocenters. The fraction of sp³-hybridized carbons (Fsp3) is 0.0833. The molecule has 0 saturated carbocycles. The number of pyridine rings is 1. The molecule has 5 rings (SSSR count). The summed E-state index contributed by atoms with van der Waals surface area (Å²) in [7, 11) is 1.53. The van der Waals surface area contributed by atoms with Gasteiger partial charge in [-0.2, -0.15) is 5.10 Å². The molecule has 0 saturated heterocycles. The maximum absolute atomic E-state index is 10.1. The zero-order chi connectivity index (χ0) is 22.1. The Hall–Kier alpha value is -4.46. The van der Waals surface area contributed by atoms with Gasteiger partial charge in [0, 0.05) is 11.3 Å². The Morgan fingerprint density at radius 2 is 1.84 bits per heavy atom. The van der Waals surface area contributed by atoms with Crippen molar-refractivity contribution in [1.82, 2.24) is 24.7 Å². The lowest BCUT2D eigenvalue weighted by molar-refractivity contribution is 0.375. The maximum atomic E-state index is 10.1. The summed E-state index contributed by atoms with van der Waals surface area (Å²) in [6.07, 6.45) is 1.74. The quantitative estimate of drug-likeness (QED) is 0.424. The second kappa shape index (κ2) is 7.99. The molecule has 0 spiro atoms. The van der Waals surface area contributed by atoms with Crippen molar-refractivity contribution in [2.75, 3.05) is 12.4 Å². The first kappa shape index (κ1) is 19.5. The lowest BCUT2D eigenvalue weighted by Gasteiger charge is -2.11. The third-order valence-corrected chi connectivity index (χ3v) is 5.07. The van der Waals surface area contributed by atoms with Gasteiger partial charge in [-0.1, -0.05) is 12.1 Å². The summed E-state index contributed by atoms with van der Waals surface area (Å²) in [4.78, 5) is 9.33. The van der Waals surface area contributed by atoms with Gasteiger partial charge in [-0.15, -0.1) is 5.10 Å². The minimum Gasteiger partial charge on any atom is -0.504 e. The summed E-state index contributed by atoms with van der Waals surface area (Å²) in [5.41, 5.74) is 4.86. The summed E-state index contributed by atoms with van der Waals surface area (Å²) < 4.78 is 7.29. The summed E-state index contributed by atoms with van der Waals surface area (Å²) >= 11 is 0. The van der Waals surface area contributed by atoms with Crippen LogP contribution in [0.5, 0.6) is 11.5 Å². The van der Waals surface area contributed by atoms with Crippen molar-refractivity contribution in [2.45, 2.75) is 6.92 Å². The number of rotatable bonds is 5. The fourth-order valence-electron chi connectivity index (χ4n) is 3.53. The van der Waals surface area contributed by atoms with Crippen molar-refractivity contribution in [3.05, 3.63) is 78.8 Å². The van der Waals surface area contributed by atoms with E-state index in [4.69, 9.17) is 9.72 Å². The highest BCUT2D eigenvalue weighted by Crippen LogP contribution is 2.36. The van der Waals surface area contributed by atoms with E-state index < -0.39 is 0 Å². The lowest BCUT2D eigenvalue weighted by atomic mass is 10.1. The van der Waals surface area contributed by atoms with Crippen LogP contribution in [-0.2, 0) is 0 Å². The number of nitrogens with zero attached hydrogens (tertiary/aromatic N) is 5. The number of nitrogens with one attached hydrogen (secondary N) is 1. The standard InChI is InChI=1S/C24H20N6O2/c1-15-9-12-22(29-28-15)26-16-10-11-20-19(13-16)25-14-30(20)23-8-4-6-18(27-23)17-5-3-7-21(31)24(17)32-2/h3-14,31H,1-2H3,(H,26,29). The Kier molecular flexibility index (Phi) is 4.87. The molecule has 5 aromatic rings. The Balaban J connectivity index is 1.50. The smallest absolute Gasteiger partial charge is 0.169 e. The summed E-state index contributed by atoms with van der Waals surface area (Å²) in [5.74, 6) is 1.84. The van der Waals surface area contributed by atoms with Crippen molar-refractivity contribution >= 4 is 22.5 Å². The van der Waals surface area contributed by atoms with Crippen LogP contribution in [-0.4, -0.2) is 36.9 Å². The number of imidazole rings is 1. The summed E-state index contributed by atoms with van der Waals surface area (Å²) in [6, 6.07) is 20.6. The molecule has 8 heteroatoms. The van der Waals surface area contributed by atoms with Gasteiger partial charge in [0.1, 0.15) is 12.1 Å². The molecular weight excluding hydrogens is 404 g/mol. The summed E-state index contributed by atoms with van der Waals surface area (Å²) in [5, 5.41) is 21.6. The van der Waals surface area contributed by atoms with Gasteiger partial charge in [0.2, 0.25) is 0 Å². The van der Waals surface area contributed by atoms with Crippen LogP contribution in [0.25, 0.3) is 28.1 Å². The van der Waals surface area contributed by atoms with Crippen LogP contribution in [0.3, 0.4) is 0 Å². The first-order valence-electron chi connectivity index (χ1n) is 10.0. The van der Waals surface area contributed by atoms with Gasteiger partial charge in [0.05, 0.1) is 29.5 Å². The van der Waals surface area contributed by atoms with E-state index >= 15 is 0 Å². The number of fused-ring (bicyclic) bond motifs is 1. The number of phenols is 1. The fourth-order valence-corrected chi connectivity index (χ4v) is 3.53. The number of anilines is 2. The van der Waals surface area contributed by atoms with E-state index in [9.17, 15) is 5.11 Å². The SMILES string of the molecule is COc1c(O)cccc1-c1cccc(-n2cnc3cc(Nc4ccc(C)nn4)ccc32)n1. The number of methoxy groups -OCH3 is 1. The predicted octanol–water partition coefficient (Wildman–Crippen LogP) is 4.64. The van der Waals surface area contributed by atoms with E-state index in [1.807, 2.05) is 66.1 Å².